The molecule has 0 amide bonds. The number of benzene rings is 1. The number of fused-ring (bicyclic) bond motifs is 1. The van der Waals surface area contributed by atoms with Crippen molar-refractivity contribution in [2.45, 2.75) is 51.7 Å². The second kappa shape index (κ2) is 8.71. The Morgan fingerprint density at radius 2 is 1.87 bits per heavy atom. The Balaban J connectivity index is 1.44. The van der Waals surface area contributed by atoms with Crippen LogP contribution in [0.3, 0.4) is 0 Å². The summed E-state index contributed by atoms with van der Waals surface area (Å²) >= 11 is 0. The van der Waals surface area contributed by atoms with Crippen LogP contribution in [0.5, 0.6) is 0 Å². The van der Waals surface area contributed by atoms with Crippen LogP contribution >= 0.6 is 0 Å². The van der Waals surface area contributed by atoms with Crippen molar-refractivity contribution < 1.29 is 4.39 Å². The molecule has 2 aromatic heterocycles. The predicted molar refractivity (Wildman–Crippen MR) is 119 cm³/mol. The Hall–Kier alpha value is -2.86. The molecule has 3 aromatic rings. The van der Waals surface area contributed by atoms with Crippen molar-refractivity contribution in [2.75, 3.05) is 18.0 Å². The molecule has 4 heterocycles. The summed E-state index contributed by atoms with van der Waals surface area (Å²) in [6.45, 7) is 5.37. The number of nitrogens with zero attached hydrogens (tertiary/aromatic N) is 5. The lowest BCUT2D eigenvalue weighted by atomic mass is 10.0. The van der Waals surface area contributed by atoms with Gasteiger partial charge in [0.15, 0.2) is 0 Å². The first-order chi connectivity index (χ1) is 15.2. The van der Waals surface area contributed by atoms with E-state index in [2.05, 4.69) is 27.8 Å². The lowest BCUT2D eigenvalue weighted by Crippen LogP contribution is -2.32. The number of hydrogen-bond donors (Lipinski definition) is 0. The van der Waals surface area contributed by atoms with Crippen molar-refractivity contribution in [2.24, 2.45) is 0 Å². The molecule has 0 bridgehead atoms. The molecule has 6 heteroatoms. The van der Waals surface area contributed by atoms with E-state index in [0.717, 1.165) is 73.9 Å². The Kier molecular flexibility index (Phi) is 5.64. The molecule has 1 fully saturated rings. The number of hydrogen-bond acceptors (Lipinski definition) is 5. The largest absolute Gasteiger partial charge is 0.350 e. The molecule has 1 saturated heterocycles. The molecule has 1 aromatic carbocycles. The van der Waals surface area contributed by atoms with Gasteiger partial charge in [0.25, 0.3) is 0 Å². The van der Waals surface area contributed by atoms with E-state index < -0.39 is 0 Å². The predicted octanol–water partition coefficient (Wildman–Crippen LogP) is 4.61. The second-order valence-corrected chi connectivity index (χ2v) is 8.54. The van der Waals surface area contributed by atoms with Crippen molar-refractivity contribution >= 4 is 5.82 Å². The van der Waals surface area contributed by atoms with Gasteiger partial charge < -0.3 is 4.90 Å². The molecular weight excluding hydrogens is 389 g/mol. The molecule has 0 spiro atoms. The molecule has 5 nitrogen and oxygen atoms in total. The number of likely N-dealkylation sites (tertiary alicyclic amines) is 1. The van der Waals surface area contributed by atoms with Gasteiger partial charge in [-0.05, 0) is 57.4 Å². The highest BCUT2D eigenvalue weighted by Gasteiger charge is 2.31. The van der Waals surface area contributed by atoms with Gasteiger partial charge in [0.1, 0.15) is 17.5 Å². The highest BCUT2D eigenvalue weighted by molar-refractivity contribution is 5.51. The average Bonchev–Trinajstić information content (AvgIpc) is 3.25. The summed E-state index contributed by atoms with van der Waals surface area (Å²) < 4.78 is 14.2. The third-order valence-electron chi connectivity index (χ3n) is 6.44. The smallest absolute Gasteiger partial charge is 0.148 e. The summed E-state index contributed by atoms with van der Waals surface area (Å²) in [4.78, 5) is 19.2. The summed E-state index contributed by atoms with van der Waals surface area (Å²) in [6.07, 6.45) is 6.05. The van der Waals surface area contributed by atoms with Gasteiger partial charge in [-0.25, -0.2) is 14.4 Å². The average molecular weight is 418 g/mol. The fraction of sp³-hybridized carbons (Fsp3) is 0.400. The van der Waals surface area contributed by atoms with Crippen molar-refractivity contribution in [3.05, 3.63) is 82.8 Å². The Bertz CT molecular complexity index is 1060. The minimum atomic E-state index is -0.141. The third kappa shape index (κ3) is 4.17. The monoisotopic (exact) mass is 417 g/mol. The number of rotatable bonds is 5. The van der Waals surface area contributed by atoms with Crippen LogP contribution in [0.25, 0.3) is 0 Å². The zero-order valence-electron chi connectivity index (χ0n) is 18.0. The molecule has 0 N–H and O–H groups in total. The SMILES string of the molecule is Cc1nc([C@H]2CCCN2Cc2ccccc2F)nc2c1CCCN2Cc1ccccn1. The Morgan fingerprint density at radius 3 is 2.71 bits per heavy atom. The van der Waals surface area contributed by atoms with Gasteiger partial charge >= 0.3 is 0 Å². The van der Waals surface area contributed by atoms with Crippen molar-refractivity contribution in [1.29, 1.82) is 0 Å². The van der Waals surface area contributed by atoms with Crippen LogP contribution in [0.4, 0.5) is 10.2 Å². The zero-order chi connectivity index (χ0) is 21.2. The maximum atomic E-state index is 14.2. The number of pyridine rings is 1. The molecule has 0 saturated carbocycles. The number of aromatic nitrogens is 3. The molecule has 31 heavy (non-hydrogen) atoms. The lowest BCUT2D eigenvalue weighted by molar-refractivity contribution is 0.236. The summed E-state index contributed by atoms with van der Waals surface area (Å²) in [5.41, 5.74) is 4.11. The summed E-state index contributed by atoms with van der Waals surface area (Å²) in [5.74, 6) is 1.78. The topological polar surface area (TPSA) is 45.2 Å². The molecule has 0 unspecified atom stereocenters. The van der Waals surface area contributed by atoms with Crippen LogP contribution in [0, 0.1) is 12.7 Å². The standard InChI is InChI=1S/C25H28FN5/c1-18-21-10-6-15-31(17-20-9-4-5-13-27-20)25(21)29-24(28-18)23-12-7-14-30(23)16-19-8-2-3-11-22(19)26/h2-5,8-9,11,13,23H,6-7,10,12,14-17H2,1H3/t23-/m1/s1. The Labute approximate surface area is 183 Å². The first-order valence-electron chi connectivity index (χ1n) is 11.2. The van der Waals surface area contributed by atoms with Gasteiger partial charge in [0, 0.05) is 36.1 Å². The second-order valence-electron chi connectivity index (χ2n) is 8.54. The summed E-state index contributed by atoms with van der Waals surface area (Å²) in [7, 11) is 0. The van der Waals surface area contributed by atoms with Crippen LogP contribution in [0.15, 0.2) is 48.7 Å². The highest BCUT2D eigenvalue weighted by atomic mass is 19.1. The molecule has 0 aliphatic carbocycles. The van der Waals surface area contributed by atoms with Crippen LogP contribution in [-0.2, 0) is 19.5 Å². The maximum Gasteiger partial charge on any atom is 0.148 e. The Morgan fingerprint density at radius 1 is 1.00 bits per heavy atom. The minimum absolute atomic E-state index is 0.127. The zero-order valence-corrected chi connectivity index (χ0v) is 18.0. The van der Waals surface area contributed by atoms with Crippen molar-refractivity contribution in [3.63, 3.8) is 0 Å². The molecular formula is C25H28FN5. The summed E-state index contributed by atoms with van der Waals surface area (Å²) in [5, 5.41) is 0. The van der Waals surface area contributed by atoms with Crippen molar-refractivity contribution in [3.8, 4) is 0 Å². The van der Waals surface area contributed by atoms with E-state index in [-0.39, 0.29) is 11.9 Å². The van der Waals surface area contributed by atoms with E-state index >= 15 is 0 Å². The van der Waals surface area contributed by atoms with Crippen LogP contribution in [0.2, 0.25) is 0 Å². The van der Waals surface area contributed by atoms with E-state index in [0.29, 0.717) is 6.54 Å². The van der Waals surface area contributed by atoms with Crippen LogP contribution < -0.4 is 4.90 Å². The van der Waals surface area contributed by atoms with Crippen LogP contribution in [-0.4, -0.2) is 32.9 Å². The number of aryl methyl sites for hydroxylation is 1. The minimum Gasteiger partial charge on any atom is -0.350 e. The van der Waals surface area contributed by atoms with Gasteiger partial charge in [-0.15, -0.1) is 0 Å². The quantitative estimate of drug-likeness (QED) is 0.607. The molecule has 5 rings (SSSR count). The first kappa shape index (κ1) is 20.1. The van der Waals surface area contributed by atoms with Crippen molar-refractivity contribution in [1.82, 2.24) is 19.9 Å². The molecule has 0 radical (unpaired) electrons. The molecule has 2 aliphatic heterocycles. The van der Waals surface area contributed by atoms with Gasteiger partial charge in [-0.3, -0.25) is 9.88 Å². The van der Waals surface area contributed by atoms with E-state index in [9.17, 15) is 4.39 Å². The van der Waals surface area contributed by atoms with Gasteiger partial charge in [-0.1, -0.05) is 24.3 Å². The number of anilines is 1. The third-order valence-corrected chi connectivity index (χ3v) is 6.44. The van der Waals surface area contributed by atoms with E-state index in [4.69, 9.17) is 9.97 Å². The summed E-state index contributed by atoms with van der Waals surface area (Å²) in [6, 6.07) is 13.2. The van der Waals surface area contributed by atoms with Gasteiger partial charge in [0.2, 0.25) is 0 Å². The van der Waals surface area contributed by atoms with E-state index in [1.807, 2.05) is 30.5 Å². The van der Waals surface area contributed by atoms with Crippen LogP contribution in [0.1, 0.15) is 53.6 Å². The number of halogens is 1. The highest BCUT2D eigenvalue weighted by Crippen LogP contribution is 2.35. The van der Waals surface area contributed by atoms with Gasteiger partial charge in [-0.2, -0.15) is 0 Å². The lowest BCUT2D eigenvalue weighted by Gasteiger charge is -2.32. The normalized spacial score (nSPS) is 18.9. The fourth-order valence-corrected chi connectivity index (χ4v) is 4.85. The molecule has 1 atom stereocenters. The van der Waals surface area contributed by atoms with Gasteiger partial charge in [0.05, 0.1) is 18.3 Å². The fourth-order valence-electron chi connectivity index (χ4n) is 4.85. The van der Waals surface area contributed by atoms with E-state index in [1.165, 1.54) is 11.6 Å². The molecule has 160 valence electrons. The maximum absolute atomic E-state index is 14.2. The first-order valence-corrected chi connectivity index (χ1v) is 11.2. The van der Waals surface area contributed by atoms with E-state index in [1.54, 1.807) is 6.07 Å². The molecule has 2 aliphatic rings.